The summed E-state index contributed by atoms with van der Waals surface area (Å²) < 4.78 is 11.0. The zero-order chi connectivity index (χ0) is 22.0. The Bertz CT molecular complexity index is 1100. The first kappa shape index (κ1) is 20.5. The molecule has 0 fully saturated rings. The van der Waals surface area contributed by atoms with Crippen molar-refractivity contribution >= 4 is 17.8 Å². The highest BCUT2D eigenvalue weighted by Gasteiger charge is 2.34. The van der Waals surface area contributed by atoms with E-state index in [0.29, 0.717) is 23.4 Å². The Morgan fingerprint density at radius 1 is 1.03 bits per heavy atom. The van der Waals surface area contributed by atoms with E-state index < -0.39 is 12.1 Å². The van der Waals surface area contributed by atoms with Gasteiger partial charge in [-0.2, -0.15) is 0 Å². The summed E-state index contributed by atoms with van der Waals surface area (Å²) in [6.07, 6.45) is -0.356. The van der Waals surface area contributed by atoms with Crippen LogP contribution in [-0.4, -0.2) is 39.4 Å². The summed E-state index contributed by atoms with van der Waals surface area (Å²) in [7, 11) is 0. The molecule has 1 aliphatic rings. The predicted octanol–water partition coefficient (Wildman–Crippen LogP) is 3.73. The zero-order valence-corrected chi connectivity index (χ0v) is 17.2. The molecule has 2 heterocycles. The number of rotatable bonds is 7. The maximum atomic E-state index is 12.3. The first-order valence-electron chi connectivity index (χ1n) is 9.99. The molecule has 1 atom stereocenters. The predicted molar refractivity (Wildman–Crippen MR) is 110 cm³/mol. The van der Waals surface area contributed by atoms with E-state index in [0.717, 1.165) is 16.0 Å². The number of hydrogen-bond acceptors (Lipinski definition) is 7. The molecule has 0 aliphatic carbocycles. The van der Waals surface area contributed by atoms with Crippen molar-refractivity contribution in [3.05, 3.63) is 71.1 Å². The number of imide groups is 1. The molecule has 31 heavy (non-hydrogen) atoms. The largest absolute Gasteiger partial charge is 0.453 e. The van der Waals surface area contributed by atoms with Gasteiger partial charge in [-0.1, -0.05) is 29.8 Å². The third-order valence-corrected chi connectivity index (χ3v) is 5.04. The normalized spacial score (nSPS) is 13.9. The van der Waals surface area contributed by atoms with E-state index in [-0.39, 0.29) is 30.7 Å². The Kier molecular flexibility index (Phi) is 5.62. The lowest BCUT2D eigenvalue weighted by molar-refractivity contribution is -0.149. The van der Waals surface area contributed by atoms with Crippen molar-refractivity contribution in [2.75, 3.05) is 6.54 Å². The van der Waals surface area contributed by atoms with E-state index in [2.05, 4.69) is 10.2 Å². The Labute approximate surface area is 178 Å². The third kappa shape index (κ3) is 4.23. The molecule has 0 unspecified atom stereocenters. The molecule has 8 nitrogen and oxygen atoms in total. The monoisotopic (exact) mass is 419 g/mol. The van der Waals surface area contributed by atoms with Crippen LogP contribution in [0.5, 0.6) is 0 Å². The summed E-state index contributed by atoms with van der Waals surface area (Å²) >= 11 is 0. The number of benzene rings is 2. The molecular weight excluding hydrogens is 398 g/mol. The van der Waals surface area contributed by atoms with Crippen LogP contribution >= 0.6 is 0 Å². The molecule has 2 aromatic carbocycles. The molecule has 2 amide bonds. The van der Waals surface area contributed by atoms with Crippen LogP contribution in [0.2, 0.25) is 0 Å². The topological polar surface area (TPSA) is 103 Å². The molecule has 1 aromatic heterocycles. The zero-order valence-electron chi connectivity index (χ0n) is 17.2. The van der Waals surface area contributed by atoms with Crippen molar-refractivity contribution < 1.29 is 23.5 Å². The number of carbonyl (C=O) groups is 3. The number of amides is 2. The summed E-state index contributed by atoms with van der Waals surface area (Å²) in [4.78, 5) is 38.0. The van der Waals surface area contributed by atoms with Crippen molar-refractivity contribution in [2.24, 2.45) is 0 Å². The molecule has 8 heteroatoms. The van der Waals surface area contributed by atoms with Gasteiger partial charge in [-0.25, -0.2) is 0 Å². The van der Waals surface area contributed by atoms with Gasteiger partial charge in [0.2, 0.25) is 5.89 Å². The Balaban J connectivity index is 1.28. The number of ether oxygens (including phenoxy) is 1. The second-order valence-electron chi connectivity index (χ2n) is 7.35. The molecule has 0 saturated heterocycles. The van der Waals surface area contributed by atoms with E-state index >= 15 is 0 Å². The molecular formula is C23H21N3O5. The summed E-state index contributed by atoms with van der Waals surface area (Å²) in [5, 5.41) is 7.97. The lowest BCUT2D eigenvalue weighted by Crippen LogP contribution is -2.31. The molecule has 0 N–H and O–H groups in total. The fraction of sp³-hybridized carbons (Fsp3) is 0.261. The van der Waals surface area contributed by atoms with Gasteiger partial charge < -0.3 is 9.15 Å². The Hall–Kier alpha value is -3.81. The highest BCUT2D eigenvalue weighted by molar-refractivity contribution is 6.21. The second kappa shape index (κ2) is 8.51. The van der Waals surface area contributed by atoms with Crippen molar-refractivity contribution in [3.63, 3.8) is 0 Å². The van der Waals surface area contributed by atoms with Crippen LogP contribution in [0.25, 0.3) is 11.5 Å². The van der Waals surface area contributed by atoms with E-state index in [4.69, 9.17) is 9.15 Å². The minimum Gasteiger partial charge on any atom is -0.453 e. The van der Waals surface area contributed by atoms with Crippen LogP contribution in [0.15, 0.2) is 52.9 Å². The fourth-order valence-electron chi connectivity index (χ4n) is 3.34. The van der Waals surface area contributed by atoms with E-state index in [1.54, 1.807) is 31.2 Å². The highest BCUT2D eigenvalue weighted by Crippen LogP contribution is 2.24. The molecule has 158 valence electrons. The average molecular weight is 419 g/mol. The molecule has 0 radical (unpaired) electrons. The molecule has 0 spiro atoms. The van der Waals surface area contributed by atoms with Crippen LogP contribution in [0.3, 0.4) is 0 Å². The lowest BCUT2D eigenvalue weighted by atomic mass is 10.1. The Morgan fingerprint density at radius 2 is 1.68 bits per heavy atom. The van der Waals surface area contributed by atoms with Gasteiger partial charge in [0, 0.05) is 18.5 Å². The van der Waals surface area contributed by atoms with E-state index in [9.17, 15) is 14.4 Å². The van der Waals surface area contributed by atoms with Crippen molar-refractivity contribution in [3.8, 4) is 11.5 Å². The summed E-state index contributed by atoms with van der Waals surface area (Å²) in [5.41, 5.74) is 2.68. The second-order valence-corrected chi connectivity index (χ2v) is 7.35. The highest BCUT2D eigenvalue weighted by atomic mass is 16.6. The summed E-state index contributed by atoms with van der Waals surface area (Å²) in [6, 6.07) is 14.3. The number of nitrogens with zero attached hydrogens (tertiary/aromatic N) is 3. The van der Waals surface area contributed by atoms with Crippen LogP contribution < -0.4 is 0 Å². The van der Waals surface area contributed by atoms with E-state index in [1.807, 2.05) is 31.2 Å². The first-order valence-corrected chi connectivity index (χ1v) is 9.99. The standard InChI is InChI=1S/C23H21N3O5/c1-14-9-11-16(12-10-14)21-25-24-20(31-21)15(2)30-19(27)8-5-13-26-22(28)17-6-3-4-7-18(17)23(26)29/h3-4,6-7,9-12,15H,5,8,13H2,1-2H3/t15-/m1/s1. The van der Waals surface area contributed by atoms with Gasteiger partial charge in [-0.3, -0.25) is 19.3 Å². The van der Waals surface area contributed by atoms with Crippen molar-refractivity contribution in [1.82, 2.24) is 15.1 Å². The fourth-order valence-corrected chi connectivity index (χ4v) is 3.34. The van der Waals surface area contributed by atoms with Gasteiger partial charge >= 0.3 is 5.97 Å². The van der Waals surface area contributed by atoms with Crippen LogP contribution in [0.1, 0.15) is 58.0 Å². The number of esters is 1. The smallest absolute Gasteiger partial charge is 0.306 e. The van der Waals surface area contributed by atoms with E-state index in [1.165, 1.54) is 0 Å². The van der Waals surface area contributed by atoms with Crippen molar-refractivity contribution in [2.45, 2.75) is 32.8 Å². The van der Waals surface area contributed by atoms with Crippen molar-refractivity contribution in [1.29, 1.82) is 0 Å². The Morgan fingerprint density at radius 3 is 2.32 bits per heavy atom. The number of aromatic nitrogens is 2. The summed E-state index contributed by atoms with van der Waals surface area (Å²) in [6.45, 7) is 3.78. The van der Waals surface area contributed by atoms with Gasteiger partial charge in [0.15, 0.2) is 6.10 Å². The third-order valence-electron chi connectivity index (χ3n) is 5.04. The SMILES string of the molecule is Cc1ccc(-c2nnc([C@@H](C)OC(=O)CCCN3C(=O)c4ccccc4C3=O)o2)cc1. The quantitative estimate of drug-likeness (QED) is 0.425. The number of fused-ring (bicyclic) bond motifs is 1. The molecule has 4 rings (SSSR count). The van der Waals surface area contributed by atoms with Gasteiger partial charge in [0.1, 0.15) is 0 Å². The maximum Gasteiger partial charge on any atom is 0.306 e. The van der Waals surface area contributed by atoms with Crippen LogP contribution in [0, 0.1) is 6.92 Å². The van der Waals surface area contributed by atoms with Crippen LogP contribution in [0.4, 0.5) is 0 Å². The minimum atomic E-state index is -0.710. The van der Waals surface area contributed by atoms with Gasteiger partial charge in [-0.15, -0.1) is 10.2 Å². The maximum absolute atomic E-state index is 12.3. The lowest BCUT2D eigenvalue weighted by Gasteiger charge is -2.14. The van der Waals surface area contributed by atoms with Gasteiger partial charge in [0.25, 0.3) is 17.7 Å². The molecule has 1 aliphatic heterocycles. The molecule has 0 bridgehead atoms. The molecule has 0 saturated carbocycles. The van der Waals surface area contributed by atoms with Gasteiger partial charge in [0.05, 0.1) is 11.1 Å². The average Bonchev–Trinajstić information content (AvgIpc) is 3.34. The molecule has 3 aromatic rings. The minimum absolute atomic E-state index is 0.0523. The summed E-state index contributed by atoms with van der Waals surface area (Å²) in [5.74, 6) is -0.597. The van der Waals surface area contributed by atoms with Crippen LogP contribution in [-0.2, 0) is 9.53 Å². The number of hydrogen-bond donors (Lipinski definition) is 0. The first-order chi connectivity index (χ1) is 14.9. The van der Waals surface area contributed by atoms with Gasteiger partial charge in [-0.05, 0) is 44.5 Å². The number of aryl methyl sites for hydroxylation is 1. The number of carbonyl (C=O) groups excluding carboxylic acids is 3.